The van der Waals surface area contributed by atoms with Crippen molar-refractivity contribution in [1.82, 2.24) is 14.7 Å². The molecular weight excluding hydrogens is 490 g/mol. The minimum absolute atomic E-state index is 0.0831. The number of pyridine rings is 2. The number of anilines is 2. The molecule has 0 saturated carbocycles. The van der Waals surface area contributed by atoms with Crippen LogP contribution in [0.15, 0.2) is 35.4 Å². The smallest absolute Gasteiger partial charge is 0.281 e. The fourth-order valence-corrected chi connectivity index (χ4v) is 6.32. The van der Waals surface area contributed by atoms with Gasteiger partial charge in [0, 0.05) is 29.2 Å². The molecule has 2 aromatic rings. The first-order chi connectivity index (χ1) is 17.2. The van der Waals surface area contributed by atoms with Gasteiger partial charge in [0.15, 0.2) is 5.03 Å². The van der Waals surface area contributed by atoms with E-state index in [4.69, 9.17) is 4.98 Å². The van der Waals surface area contributed by atoms with Crippen LogP contribution in [0.4, 0.5) is 11.6 Å². The summed E-state index contributed by atoms with van der Waals surface area (Å²) in [5.74, 6) is 0.505. The number of amides is 1. The molecule has 1 fully saturated rings. The predicted octanol–water partition coefficient (Wildman–Crippen LogP) is 3.84. The van der Waals surface area contributed by atoms with E-state index >= 15 is 0 Å². The Bertz CT molecular complexity index is 1270. The Morgan fingerprint density at radius 3 is 2.57 bits per heavy atom. The number of aromatic nitrogens is 2. The topological polar surface area (TPSA) is 125 Å². The van der Waals surface area contributed by atoms with Crippen LogP contribution in [-0.2, 0) is 15.4 Å². The third kappa shape index (κ3) is 6.06. The molecule has 3 N–H and O–H groups in total. The zero-order valence-corrected chi connectivity index (χ0v) is 23.4. The number of hydrogen-bond donors (Lipinski definition) is 3. The highest BCUT2D eigenvalue weighted by Crippen LogP contribution is 2.40. The van der Waals surface area contributed by atoms with E-state index in [1.165, 1.54) is 6.07 Å². The molecule has 4 rings (SSSR count). The molecule has 0 aromatic carbocycles. The van der Waals surface area contributed by atoms with Crippen LogP contribution in [-0.4, -0.2) is 53.6 Å². The van der Waals surface area contributed by atoms with Gasteiger partial charge in [-0.15, -0.1) is 0 Å². The molecule has 4 heterocycles. The van der Waals surface area contributed by atoms with E-state index in [1.807, 2.05) is 0 Å². The molecule has 4 bridgehead atoms. The highest BCUT2D eigenvalue weighted by atomic mass is 32.2. The third-order valence-electron chi connectivity index (χ3n) is 7.23. The number of fused-ring (bicyclic) bond motifs is 6. The molecule has 0 aliphatic carbocycles. The predicted molar refractivity (Wildman–Crippen MR) is 144 cm³/mol. The molecule has 2 unspecified atom stereocenters. The van der Waals surface area contributed by atoms with Gasteiger partial charge in [0.05, 0.1) is 11.7 Å². The van der Waals surface area contributed by atoms with Gasteiger partial charge in [0.25, 0.3) is 15.9 Å². The number of rotatable bonds is 2. The van der Waals surface area contributed by atoms with Crippen LogP contribution in [0.5, 0.6) is 0 Å². The van der Waals surface area contributed by atoms with E-state index in [0.717, 1.165) is 25.0 Å². The van der Waals surface area contributed by atoms with Gasteiger partial charge >= 0.3 is 0 Å². The second-order valence-corrected chi connectivity index (χ2v) is 13.7. The summed E-state index contributed by atoms with van der Waals surface area (Å²) in [7, 11) is -4.24. The SMILES string of the molecule is CC(O)CC1CC[C@@H]2CN(c3nc(C(C)(C)C)ccc3C(=O)NS(=O)(=O)c3cccc(n3)N1)C(C)(C)C2. The number of carbonyl (C=O) groups excluding carboxylic acids is 1. The fourth-order valence-electron chi connectivity index (χ4n) is 5.38. The lowest BCUT2D eigenvalue weighted by Crippen LogP contribution is -2.41. The van der Waals surface area contributed by atoms with Crippen LogP contribution in [0.3, 0.4) is 0 Å². The van der Waals surface area contributed by atoms with Crippen molar-refractivity contribution in [3.05, 3.63) is 41.6 Å². The Balaban J connectivity index is 1.83. The van der Waals surface area contributed by atoms with Crippen LogP contribution < -0.4 is 14.9 Å². The second-order valence-electron chi connectivity index (χ2n) is 12.1. The summed E-state index contributed by atoms with van der Waals surface area (Å²) in [6, 6.07) is 8.04. The number of aliphatic hydroxyl groups is 1. The Hall–Kier alpha value is -2.72. The first-order valence-corrected chi connectivity index (χ1v) is 14.4. The highest BCUT2D eigenvalue weighted by Gasteiger charge is 2.41. The standard InChI is InChI=1S/C27H39N5O4S/c1-17(33)14-19-11-10-18-15-27(5,6)32(16-18)24-20(12-13-21(29-24)26(2,3)4)25(34)31-37(35,36)23-9-7-8-22(28-19)30-23/h7-9,12-13,17-19,33H,10-11,14-16H2,1-6H3,(H,28,30)(H,31,34)/t17?,18-,19?/m0/s1. The summed E-state index contributed by atoms with van der Waals surface area (Å²) in [6.45, 7) is 12.9. The third-order valence-corrected chi connectivity index (χ3v) is 8.46. The average molecular weight is 530 g/mol. The normalized spacial score (nSPS) is 24.2. The van der Waals surface area contributed by atoms with Gasteiger partial charge in [0.1, 0.15) is 11.6 Å². The summed E-state index contributed by atoms with van der Waals surface area (Å²) in [6.07, 6.45) is 2.59. The zero-order valence-electron chi connectivity index (χ0n) is 22.6. The molecule has 3 atom stereocenters. The van der Waals surface area contributed by atoms with Crippen LogP contribution >= 0.6 is 0 Å². The van der Waals surface area contributed by atoms with Crippen molar-refractivity contribution in [2.75, 3.05) is 16.8 Å². The Morgan fingerprint density at radius 2 is 1.89 bits per heavy atom. The molecule has 2 aliphatic rings. The Kier molecular flexibility index (Phi) is 7.29. The molecular formula is C27H39N5O4S. The minimum atomic E-state index is -4.24. The van der Waals surface area contributed by atoms with Crippen LogP contribution in [0, 0.1) is 5.92 Å². The van der Waals surface area contributed by atoms with Crippen molar-refractivity contribution in [2.24, 2.45) is 5.92 Å². The molecule has 10 heteroatoms. The van der Waals surface area contributed by atoms with Gasteiger partial charge in [-0.1, -0.05) is 26.8 Å². The van der Waals surface area contributed by atoms with Gasteiger partial charge in [-0.05, 0) is 76.6 Å². The summed E-state index contributed by atoms with van der Waals surface area (Å²) in [5, 5.41) is 13.2. The van der Waals surface area contributed by atoms with E-state index in [1.54, 1.807) is 31.2 Å². The number of aliphatic hydroxyl groups excluding tert-OH is 1. The van der Waals surface area contributed by atoms with Crippen molar-refractivity contribution in [2.45, 2.75) is 95.4 Å². The van der Waals surface area contributed by atoms with E-state index in [0.29, 0.717) is 30.5 Å². The van der Waals surface area contributed by atoms with E-state index in [9.17, 15) is 18.3 Å². The van der Waals surface area contributed by atoms with Crippen molar-refractivity contribution < 1.29 is 18.3 Å². The molecule has 0 radical (unpaired) electrons. The molecule has 0 spiro atoms. The second kappa shape index (κ2) is 9.87. The summed E-state index contributed by atoms with van der Waals surface area (Å²) < 4.78 is 28.6. The van der Waals surface area contributed by atoms with E-state index < -0.39 is 22.0 Å². The summed E-state index contributed by atoms with van der Waals surface area (Å²) in [5.41, 5.74) is 0.524. The maximum atomic E-state index is 13.4. The highest BCUT2D eigenvalue weighted by molar-refractivity contribution is 7.90. The van der Waals surface area contributed by atoms with Crippen LogP contribution in [0.2, 0.25) is 0 Å². The molecule has 2 aromatic heterocycles. The number of carbonyl (C=O) groups is 1. The van der Waals surface area contributed by atoms with Gasteiger partial charge in [0.2, 0.25) is 0 Å². The molecule has 1 amide bonds. The minimum Gasteiger partial charge on any atom is -0.393 e. The molecule has 2 aliphatic heterocycles. The van der Waals surface area contributed by atoms with Gasteiger partial charge in [-0.2, -0.15) is 8.42 Å². The van der Waals surface area contributed by atoms with Gasteiger partial charge in [-0.3, -0.25) is 4.79 Å². The fraction of sp³-hybridized carbons (Fsp3) is 0.593. The lowest BCUT2D eigenvalue weighted by Gasteiger charge is -2.34. The molecule has 1 saturated heterocycles. The van der Waals surface area contributed by atoms with Crippen molar-refractivity contribution in [1.29, 1.82) is 0 Å². The molecule has 37 heavy (non-hydrogen) atoms. The van der Waals surface area contributed by atoms with Crippen molar-refractivity contribution in [3.63, 3.8) is 0 Å². The summed E-state index contributed by atoms with van der Waals surface area (Å²) >= 11 is 0. The Morgan fingerprint density at radius 1 is 1.16 bits per heavy atom. The maximum absolute atomic E-state index is 13.4. The summed E-state index contributed by atoms with van der Waals surface area (Å²) in [4.78, 5) is 24.8. The maximum Gasteiger partial charge on any atom is 0.281 e. The number of hydrogen-bond acceptors (Lipinski definition) is 8. The monoisotopic (exact) mass is 529 g/mol. The Labute approximate surface area is 220 Å². The number of nitrogens with zero attached hydrogens (tertiary/aromatic N) is 3. The molecule has 9 nitrogen and oxygen atoms in total. The van der Waals surface area contributed by atoms with Crippen LogP contribution in [0.25, 0.3) is 0 Å². The largest absolute Gasteiger partial charge is 0.393 e. The lowest BCUT2D eigenvalue weighted by molar-refractivity contribution is 0.0981. The number of sulfonamides is 1. The van der Waals surface area contributed by atoms with Crippen LogP contribution in [0.1, 0.15) is 83.3 Å². The first kappa shape index (κ1) is 27.3. The van der Waals surface area contributed by atoms with E-state index in [-0.39, 0.29) is 27.6 Å². The lowest BCUT2D eigenvalue weighted by atomic mass is 9.90. The van der Waals surface area contributed by atoms with Gasteiger partial charge in [-0.25, -0.2) is 14.7 Å². The quantitative estimate of drug-likeness (QED) is 0.536. The van der Waals surface area contributed by atoms with Crippen molar-refractivity contribution in [3.8, 4) is 0 Å². The number of nitrogens with one attached hydrogen (secondary N) is 2. The zero-order chi connectivity index (χ0) is 27.2. The van der Waals surface area contributed by atoms with Gasteiger partial charge < -0.3 is 15.3 Å². The van der Waals surface area contributed by atoms with E-state index in [2.05, 4.69) is 54.5 Å². The van der Waals surface area contributed by atoms with Crippen molar-refractivity contribution >= 4 is 27.6 Å². The molecule has 202 valence electrons. The average Bonchev–Trinajstić information content (AvgIpc) is 3.09. The first-order valence-electron chi connectivity index (χ1n) is 12.9.